The van der Waals surface area contributed by atoms with E-state index in [-0.39, 0.29) is 22.2 Å². The first-order valence-corrected chi connectivity index (χ1v) is 9.06. The summed E-state index contributed by atoms with van der Waals surface area (Å²) >= 11 is 0. The Balaban J connectivity index is 1.53. The molecule has 2 saturated heterocycles. The van der Waals surface area contributed by atoms with Gasteiger partial charge >= 0.3 is 0 Å². The van der Waals surface area contributed by atoms with Crippen LogP contribution in [-0.4, -0.2) is 60.6 Å². The molecule has 2 rings (SSSR count). The fraction of sp³-hybridized carbons (Fsp3) is 0.933. The summed E-state index contributed by atoms with van der Waals surface area (Å²) in [5.41, 5.74) is 0. The first-order chi connectivity index (χ1) is 10.2. The maximum absolute atomic E-state index is 12.2. The summed E-state index contributed by atoms with van der Waals surface area (Å²) in [5.74, 6) is 0.394. The van der Waals surface area contributed by atoms with Gasteiger partial charge in [0.15, 0.2) is 0 Å². The summed E-state index contributed by atoms with van der Waals surface area (Å²) < 4.78 is 27.5. The number of hydrogen-bond donors (Lipinski definition) is 0. The molecular formula is C15H26O5S. The van der Waals surface area contributed by atoms with Crippen LogP contribution < -0.4 is 0 Å². The summed E-state index contributed by atoms with van der Waals surface area (Å²) in [6, 6.07) is 0. The monoisotopic (exact) mass is 318 g/mol. The van der Waals surface area contributed by atoms with Crippen molar-refractivity contribution in [1.29, 1.82) is 0 Å². The zero-order valence-corrected chi connectivity index (χ0v) is 13.6. The second-order valence-corrected chi connectivity index (χ2v) is 7.74. The number of carbonyl (C=O) groups is 1. The molecule has 2 aliphatic heterocycles. The van der Waals surface area contributed by atoms with E-state index in [1.54, 1.807) is 7.11 Å². The lowest BCUT2D eigenvalue weighted by molar-refractivity contribution is -0.124. The minimum absolute atomic E-state index is 0.113. The van der Waals surface area contributed by atoms with Crippen molar-refractivity contribution in [2.75, 3.05) is 40.1 Å². The van der Waals surface area contributed by atoms with Gasteiger partial charge < -0.3 is 14.2 Å². The molecule has 2 bridgehead atoms. The van der Waals surface area contributed by atoms with Crippen molar-refractivity contribution in [3.8, 4) is 0 Å². The minimum atomic E-state index is -0.679. The summed E-state index contributed by atoms with van der Waals surface area (Å²) in [6.45, 7) is 2.66. The number of hydrogen-bond acceptors (Lipinski definition) is 5. The third-order valence-corrected chi connectivity index (χ3v) is 6.48. The van der Waals surface area contributed by atoms with E-state index < -0.39 is 10.8 Å². The Bertz CT molecular complexity index is 344. The van der Waals surface area contributed by atoms with E-state index in [1.165, 1.54) is 0 Å². The second kappa shape index (κ2) is 8.98. The van der Waals surface area contributed by atoms with E-state index in [9.17, 15) is 9.00 Å². The Morgan fingerprint density at radius 2 is 1.57 bits per heavy atom. The van der Waals surface area contributed by atoms with Gasteiger partial charge in [-0.2, -0.15) is 0 Å². The highest BCUT2D eigenvalue weighted by molar-refractivity contribution is 7.86. The van der Waals surface area contributed by atoms with Crippen LogP contribution in [0.15, 0.2) is 0 Å². The summed E-state index contributed by atoms with van der Waals surface area (Å²) in [4.78, 5) is 12.2. The Morgan fingerprint density at radius 3 is 2.19 bits per heavy atom. The molecule has 2 unspecified atom stereocenters. The maximum Gasteiger partial charge on any atom is 0.138 e. The van der Waals surface area contributed by atoms with Gasteiger partial charge in [-0.15, -0.1) is 0 Å². The molecule has 0 spiro atoms. The molecule has 2 atom stereocenters. The molecule has 0 aromatic carbocycles. The molecule has 2 heterocycles. The van der Waals surface area contributed by atoms with Gasteiger partial charge in [-0.1, -0.05) is 0 Å². The van der Waals surface area contributed by atoms with E-state index in [4.69, 9.17) is 14.2 Å². The molecule has 122 valence electrons. The SMILES string of the molecule is COCCOCCOCCC(=O)C1CC2CCC(C1)S2=O. The normalized spacial score (nSPS) is 31.5. The molecule has 2 fully saturated rings. The average molecular weight is 318 g/mol. The van der Waals surface area contributed by atoms with Gasteiger partial charge in [-0.3, -0.25) is 9.00 Å². The number of Topliss-reactive ketones (excluding diaryl/α,β-unsaturated/α-hetero) is 1. The predicted molar refractivity (Wildman–Crippen MR) is 80.8 cm³/mol. The van der Waals surface area contributed by atoms with Crippen molar-refractivity contribution >= 4 is 16.6 Å². The number of carbonyl (C=O) groups excluding carboxylic acids is 1. The highest BCUT2D eigenvalue weighted by Crippen LogP contribution is 2.39. The average Bonchev–Trinajstić information content (AvgIpc) is 2.71. The Morgan fingerprint density at radius 1 is 1.00 bits per heavy atom. The fourth-order valence-electron chi connectivity index (χ4n) is 3.14. The topological polar surface area (TPSA) is 61.8 Å². The van der Waals surface area contributed by atoms with Crippen molar-refractivity contribution in [3.05, 3.63) is 0 Å². The molecule has 0 N–H and O–H groups in total. The molecule has 5 nitrogen and oxygen atoms in total. The Kier molecular flexibility index (Phi) is 7.29. The summed E-state index contributed by atoms with van der Waals surface area (Å²) in [7, 11) is 0.958. The summed E-state index contributed by atoms with van der Waals surface area (Å²) in [6.07, 6.45) is 4.19. The van der Waals surface area contributed by atoms with Crippen LogP contribution in [0.25, 0.3) is 0 Å². The van der Waals surface area contributed by atoms with Gasteiger partial charge in [0, 0.05) is 40.7 Å². The lowest BCUT2D eigenvalue weighted by Gasteiger charge is -2.26. The van der Waals surface area contributed by atoms with Crippen LogP contribution in [0, 0.1) is 5.92 Å². The minimum Gasteiger partial charge on any atom is -0.382 e. The predicted octanol–water partition coefficient (Wildman–Crippen LogP) is 1.31. The van der Waals surface area contributed by atoms with Gasteiger partial charge in [-0.05, 0) is 25.7 Å². The molecule has 0 radical (unpaired) electrons. The van der Waals surface area contributed by atoms with E-state index in [0.717, 1.165) is 25.7 Å². The standard InChI is InChI=1S/C15H26O5S/c1-18-6-7-20-9-8-19-5-4-15(16)12-10-13-2-3-14(11-12)21(13)17/h12-14H,2-11H2,1H3. The highest BCUT2D eigenvalue weighted by Gasteiger charge is 2.42. The van der Waals surface area contributed by atoms with Crippen molar-refractivity contribution in [2.45, 2.75) is 42.6 Å². The van der Waals surface area contributed by atoms with E-state index in [1.807, 2.05) is 0 Å². The third kappa shape index (κ3) is 5.13. The number of ketones is 1. The van der Waals surface area contributed by atoms with Gasteiger partial charge in [0.25, 0.3) is 0 Å². The smallest absolute Gasteiger partial charge is 0.138 e. The molecule has 21 heavy (non-hydrogen) atoms. The second-order valence-electron chi connectivity index (χ2n) is 5.75. The van der Waals surface area contributed by atoms with Gasteiger partial charge in [-0.25, -0.2) is 0 Å². The molecule has 2 aliphatic rings. The zero-order valence-electron chi connectivity index (χ0n) is 12.8. The molecule has 0 saturated carbocycles. The molecule has 0 amide bonds. The van der Waals surface area contributed by atoms with Crippen LogP contribution in [0.3, 0.4) is 0 Å². The number of methoxy groups -OCH3 is 1. The van der Waals surface area contributed by atoms with Crippen LogP contribution >= 0.6 is 0 Å². The Hall–Kier alpha value is -0.300. The number of rotatable bonds is 10. The van der Waals surface area contributed by atoms with Crippen molar-refractivity contribution in [1.82, 2.24) is 0 Å². The van der Waals surface area contributed by atoms with E-state index in [0.29, 0.717) is 39.5 Å². The summed E-state index contributed by atoms with van der Waals surface area (Å²) in [5, 5.41) is 0.542. The van der Waals surface area contributed by atoms with Crippen LogP contribution in [0.2, 0.25) is 0 Å². The quantitative estimate of drug-likeness (QED) is 0.568. The van der Waals surface area contributed by atoms with Gasteiger partial charge in [0.1, 0.15) is 5.78 Å². The van der Waals surface area contributed by atoms with E-state index >= 15 is 0 Å². The van der Waals surface area contributed by atoms with E-state index in [2.05, 4.69) is 0 Å². The lowest BCUT2D eigenvalue weighted by Crippen LogP contribution is -2.32. The molecule has 0 aliphatic carbocycles. The highest BCUT2D eigenvalue weighted by atomic mass is 32.2. The van der Waals surface area contributed by atoms with Crippen LogP contribution in [0.1, 0.15) is 32.1 Å². The zero-order chi connectivity index (χ0) is 15.1. The van der Waals surface area contributed by atoms with Gasteiger partial charge in [0.05, 0.1) is 33.0 Å². The Labute approximate surface area is 129 Å². The first-order valence-electron chi connectivity index (χ1n) is 7.79. The van der Waals surface area contributed by atoms with Gasteiger partial charge in [0.2, 0.25) is 0 Å². The van der Waals surface area contributed by atoms with Crippen molar-refractivity contribution < 1.29 is 23.2 Å². The molecular weight excluding hydrogens is 292 g/mol. The largest absolute Gasteiger partial charge is 0.382 e. The molecule has 0 aromatic heterocycles. The number of fused-ring (bicyclic) bond motifs is 2. The lowest BCUT2D eigenvalue weighted by atomic mass is 9.93. The molecule has 0 aromatic rings. The van der Waals surface area contributed by atoms with Crippen LogP contribution in [0.5, 0.6) is 0 Å². The first kappa shape index (κ1) is 17.1. The van der Waals surface area contributed by atoms with Crippen molar-refractivity contribution in [2.24, 2.45) is 5.92 Å². The van der Waals surface area contributed by atoms with Crippen LogP contribution in [-0.2, 0) is 29.8 Å². The maximum atomic E-state index is 12.2. The fourth-order valence-corrected chi connectivity index (χ4v) is 5.26. The molecule has 6 heteroatoms. The van der Waals surface area contributed by atoms with Crippen molar-refractivity contribution in [3.63, 3.8) is 0 Å². The third-order valence-electron chi connectivity index (χ3n) is 4.31. The number of ether oxygens (including phenoxy) is 3. The van der Waals surface area contributed by atoms with Crippen LogP contribution in [0.4, 0.5) is 0 Å².